The van der Waals surface area contributed by atoms with Gasteiger partial charge in [0.15, 0.2) is 0 Å². The van der Waals surface area contributed by atoms with Crippen molar-refractivity contribution in [3.63, 3.8) is 0 Å². The van der Waals surface area contributed by atoms with E-state index < -0.39 is 0 Å². The fourth-order valence-electron chi connectivity index (χ4n) is 3.76. The first-order valence-corrected chi connectivity index (χ1v) is 11.8. The van der Waals surface area contributed by atoms with E-state index in [-0.39, 0.29) is 17.8 Å². The van der Waals surface area contributed by atoms with Crippen molar-refractivity contribution in [3.8, 4) is 0 Å². The van der Waals surface area contributed by atoms with Gasteiger partial charge in [-0.3, -0.25) is 9.69 Å². The van der Waals surface area contributed by atoms with Gasteiger partial charge >= 0.3 is 0 Å². The van der Waals surface area contributed by atoms with Gasteiger partial charge in [0.1, 0.15) is 5.82 Å². The van der Waals surface area contributed by atoms with Crippen LogP contribution in [0.25, 0.3) is 0 Å². The Morgan fingerprint density at radius 3 is 2.34 bits per heavy atom. The summed E-state index contributed by atoms with van der Waals surface area (Å²) in [6, 6.07) is 24.5. The Hall–Kier alpha value is -2.67. The minimum absolute atomic E-state index is 0.0232. The van der Waals surface area contributed by atoms with E-state index in [0.29, 0.717) is 25.3 Å². The van der Waals surface area contributed by atoms with Crippen molar-refractivity contribution >= 4 is 17.7 Å². The first kappa shape index (κ1) is 22.5. The summed E-state index contributed by atoms with van der Waals surface area (Å²) in [4.78, 5) is 16.3. The van der Waals surface area contributed by atoms with Crippen molar-refractivity contribution in [2.45, 2.75) is 16.7 Å². The summed E-state index contributed by atoms with van der Waals surface area (Å²) >= 11 is 1.77. The minimum Gasteiger partial charge on any atom is -0.379 e. The third kappa shape index (κ3) is 6.19. The van der Waals surface area contributed by atoms with Crippen molar-refractivity contribution in [2.24, 2.45) is 0 Å². The molecule has 0 aromatic heterocycles. The van der Waals surface area contributed by atoms with Gasteiger partial charge in [-0.15, -0.1) is 11.8 Å². The molecule has 1 saturated heterocycles. The molecular formula is C26H27FN2O2S. The highest BCUT2D eigenvalue weighted by atomic mass is 32.2. The average molecular weight is 451 g/mol. The number of hydrogen-bond acceptors (Lipinski definition) is 4. The molecule has 0 spiro atoms. The number of halogens is 1. The Morgan fingerprint density at radius 2 is 1.66 bits per heavy atom. The average Bonchev–Trinajstić information content (AvgIpc) is 2.85. The second-order valence-electron chi connectivity index (χ2n) is 7.72. The predicted molar refractivity (Wildman–Crippen MR) is 126 cm³/mol. The third-order valence-electron chi connectivity index (χ3n) is 5.56. The van der Waals surface area contributed by atoms with Crippen LogP contribution in [0.5, 0.6) is 0 Å². The molecule has 4 nitrogen and oxygen atoms in total. The van der Waals surface area contributed by atoms with E-state index in [2.05, 4.69) is 22.3 Å². The molecule has 1 aliphatic heterocycles. The van der Waals surface area contributed by atoms with Gasteiger partial charge in [0.2, 0.25) is 0 Å². The zero-order valence-corrected chi connectivity index (χ0v) is 18.7. The lowest BCUT2D eigenvalue weighted by molar-refractivity contribution is 0.0162. The Morgan fingerprint density at radius 1 is 0.969 bits per heavy atom. The molecule has 0 aliphatic carbocycles. The van der Waals surface area contributed by atoms with Crippen LogP contribution in [0.15, 0.2) is 83.8 Å². The summed E-state index contributed by atoms with van der Waals surface area (Å²) < 4.78 is 18.9. The lowest BCUT2D eigenvalue weighted by atomic mass is 10.0. The van der Waals surface area contributed by atoms with Crippen LogP contribution in [-0.4, -0.2) is 43.7 Å². The van der Waals surface area contributed by atoms with Crippen molar-refractivity contribution in [1.82, 2.24) is 10.2 Å². The van der Waals surface area contributed by atoms with Crippen LogP contribution in [0.2, 0.25) is 0 Å². The van der Waals surface area contributed by atoms with Crippen molar-refractivity contribution in [1.29, 1.82) is 0 Å². The summed E-state index contributed by atoms with van der Waals surface area (Å²) in [6.45, 7) is 3.34. The molecule has 32 heavy (non-hydrogen) atoms. The molecule has 3 aromatic rings. The number of thioether (sulfide) groups is 1. The predicted octanol–water partition coefficient (Wildman–Crippen LogP) is 4.92. The first-order chi connectivity index (χ1) is 15.7. The van der Waals surface area contributed by atoms with Gasteiger partial charge in [0, 0.05) is 35.8 Å². The normalized spacial score (nSPS) is 15.3. The van der Waals surface area contributed by atoms with Gasteiger partial charge in [-0.25, -0.2) is 4.39 Å². The fraction of sp³-hybridized carbons (Fsp3) is 0.269. The minimum atomic E-state index is -0.260. The molecule has 1 amide bonds. The Labute approximate surface area is 192 Å². The molecule has 1 heterocycles. The zero-order chi connectivity index (χ0) is 22.2. The largest absolute Gasteiger partial charge is 0.379 e. The number of benzene rings is 3. The number of carbonyl (C=O) groups is 1. The Balaban J connectivity index is 1.36. The van der Waals surface area contributed by atoms with Crippen LogP contribution in [0, 0.1) is 5.82 Å². The van der Waals surface area contributed by atoms with Crippen LogP contribution < -0.4 is 5.32 Å². The highest BCUT2D eigenvalue weighted by Crippen LogP contribution is 2.23. The van der Waals surface area contributed by atoms with E-state index in [1.54, 1.807) is 23.9 Å². The number of carbonyl (C=O) groups excluding carboxylic acids is 1. The molecule has 1 fully saturated rings. The van der Waals surface area contributed by atoms with Gasteiger partial charge in [-0.05, 0) is 47.5 Å². The van der Waals surface area contributed by atoms with Gasteiger partial charge in [0.25, 0.3) is 5.91 Å². The first-order valence-electron chi connectivity index (χ1n) is 10.8. The number of rotatable bonds is 8. The molecule has 4 rings (SSSR count). The van der Waals surface area contributed by atoms with E-state index in [4.69, 9.17) is 4.74 Å². The summed E-state index contributed by atoms with van der Waals surface area (Å²) in [5.41, 5.74) is 2.80. The van der Waals surface area contributed by atoms with Crippen LogP contribution in [0.1, 0.15) is 27.5 Å². The molecule has 1 atom stereocenters. The van der Waals surface area contributed by atoms with E-state index >= 15 is 0 Å². The highest BCUT2D eigenvalue weighted by molar-refractivity contribution is 7.98. The molecule has 1 aliphatic rings. The van der Waals surface area contributed by atoms with Crippen molar-refractivity contribution in [2.75, 3.05) is 32.8 Å². The van der Waals surface area contributed by atoms with Crippen LogP contribution in [0.3, 0.4) is 0 Å². The molecule has 6 heteroatoms. The van der Waals surface area contributed by atoms with Crippen LogP contribution >= 0.6 is 11.8 Å². The maximum atomic E-state index is 13.4. The number of hydrogen-bond donors (Lipinski definition) is 1. The molecule has 1 unspecified atom stereocenters. The van der Waals surface area contributed by atoms with Crippen molar-refractivity contribution < 1.29 is 13.9 Å². The second kappa shape index (κ2) is 11.3. The molecule has 0 radical (unpaired) electrons. The molecule has 1 N–H and O–H groups in total. The van der Waals surface area contributed by atoms with E-state index in [0.717, 1.165) is 24.4 Å². The number of nitrogens with one attached hydrogen (secondary N) is 1. The zero-order valence-electron chi connectivity index (χ0n) is 17.9. The SMILES string of the molecule is O=C(NCC(c1ccc(F)cc1)N1CCOCC1)c1ccc(CSc2ccccc2)cc1. The molecule has 0 bridgehead atoms. The smallest absolute Gasteiger partial charge is 0.251 e. The van der Waals surface area contributed by atoms with E-state index in [9.17, 15) is 9.18 Å². The quantitative estimate of drug-likeness (QED) is 0.495. The molecule has 3 aromatic carbocycles. The summed E-state index contributed by atoms with van der Waals surface area (Å²) in [5, 5.41) is 3.07. The molecule has 166 valence electrons. The van der Waals surface area contributed by atoms with Gasteiger partial charge < -0.3 is 10.1 Å². The maximum absolute atomic E-state index is 13.4. The summed E-state index contributed by atoms with van der Waals surface area (Å²) in [6.07, 6.45) is 0. The maximum Gasteiger partial charge on any atom is 0.251 e. The lowest BCUT2D eigenvalue weighted by Crippen LogP contribution is -2.43. The standard InChI is InChI=1S/C26H27FN2O2S/c27-23-12-10-21(11-13-23)25(29-14-16-31-17-15-29)18-28-26(30)22-8-6-20(7-9-22)19-32-24-4-2-1-3-5-24/h1-13,25H,14-19H2,(H,28,30). The summed E-state index contributed by atoms with van der Waals surface area (Å²) in [5.74, 6) is 0.493. The van der Waals surface area contributed by atoms with E-state index in [1.165, 1.54) is 22.6 Å². The van der Waals surface area contributed by atoms with Crippen LogP contribution in [-0.2, 0) is 10.5 Å². The fourth-order valence-corrected chi connectivity index (χ4v) is 4.63. The number of morpholine rings is 1. The monoisotopic (exact) mass is 450 g/mol. The Kier molecular flexibility index (Phi) is 7.93. The van der Waals surface area contributed by atoms with Crippen molar-refractivity contribution in [3.05, 3.63) is 101 Å². The number of ether oxygens (including phenoxy) is 1. The van der Waals surface area contributed by atoms with Gasteiger partial charge in [-0.1, -0.05) is 42.5 Å². The summed E-state index contributed by atoms with van der Waals surface area (Å²) in [7, 11) is 0. The third-order valence-corrected chi connectivity index (χ3v) is 6.65. The molecule has 0 saturated carbocycles. The topological polar surface area (TPSA) is 41.6 Å². The number of amides is 1. The van der Waals surface area contributed by atoms with Crippen LogP contribution in [0.4, 0.5) is 4.39 Å². The highest BCUT2D eigenvalue weighted by Gasteiger charge is 2.23. The van der Waals surface area contributed by atoms with E-state index in [1.807, 2.05) is 42.5 Å². The number of nitrogens with zero attached hydrogens (tertiary/aromatic N) is 1. The lowest BCUT2D eigenvalue weighted by Gasteiger charge is -2.35. The second-order valence-corrected chi connectivity index (χ2v) is 8.77. The molecular weight excluding hydrogens is 423 g/mol. The van der Waals surface area contributed by atoms with Gasteiger partial charge in [-0.2, -0.15) is 0 Å². The Bertz CT molecular complexity index is 991. The van der Waals surface area contributed by atoms with Gasteiger partial charge in [0.05, 0.1) is 19.3 Å².